The van der Waals surface area contributed by atoms with E-state index in [1.165, 1.54) is 0 Å². The first-order chi connectivity index (χ1) is 7.84. The number of rotatable bonds is 0. The molecule has 0 amide bonds. The van der Waals surface area contributed by atoms with Crippen molar-refractivity contribution in [2.45, 2.75) is 25.2 Å². The predicted molar refractivity (Wildman–Crippen MR) is 60.1 cm³/mol. The van der Waals surface area contributed by atoms with E-state index in [1.54, 1.807) is 0 Å². The van der Waals surface area contributed by atoms with Crippen LogP contribution in [0.25, 0.3) is 0 Å². The summed E-state index contributed by atoms with van der Waals surface area (Å²) in [5.74, 6) is 2.91. The third-order valence-corrected chi connectivity index (χ3v) is 4.01. The van der Waals surface area contributed by atoms with Gasteiger partial charge in [0.15, 0.2) is 11.5 Å². The average molecular weight is 215 g/mol. The van der Waals surface area contributed by atoms with Gasteiger partial charge in [0.05, 0.1) is 5.92 Å². The summed E-state index contributed by atoms with van der Waals surface area (Å²) >= 11 is 0. The largest absolute Gasteiger partial charge is 0.449 e. The number of ketones is 1. The van der Waals surface area contributed by atoms with Crippen LogP contribution in [0.2, 0.25) is 0 Å². The van der Waals surface area contributed by atoms with Gasteiger partial charge < -0.3 is 10.1 Å². The summed E-state index contributed by atoms with van der Waals surface area (Å²) in [5.41, 5.74) is 2.24. The van der Waals surface area contributed by atoms with Crippen molar-refractivity contribution in [3.05, 3.63) is 17.7 Å². The molecule has 1 aliphatic carbocycles. The molecule has 0 aromatic heterocycles. The van der Waals surface area contributed by atoms with Crippen LogP contribution >= 0.6 is 0 Å². The van der Waals surface area contributed by atoms with E-state index in [2.05, 4.69) is 5.32 Å². The second-order valence-electron chi connectivity index (χ2n) is 4.93. The molecule has 3 nitrogen and oxygen atoms in total. The zero-order chi connectivity index (χ0) is 10.7. The molecule has 0 spiro atoms. The number of Topliss-reactive ketones (excluding diaryl/α,β-unsaturated/α-hetero) is 1. The lowest BCUT2D eigenvalue weighted by atomic mass is 9.72. The molecule has 3 heteroatoms. The van der Waals surface area contributed by atoms with E-state index in [0.29, 0.717) is 11.7 Å². The monoisotopic (exact) mass is 215 g/mol. The van der Waals surface area contributed by atoms with Gasteiger partial charge in [-0.3, -0.25) is 4.79 Å². The molecule has 16 heavy (non-hydrogen) atoms. The molecular weight excluding hydrogens is 202 g/mol. The fourth-order valence-electron chi connectivity index (χ4n) is 3.20. The molecule has 0 bridgehead atoms. The number of carbonyl (C=O) groups is 1. The van der Waals surface area contributed by atoms with Crippen molar-refractivity contribution in [2.75, 3.05) is 11.9 Å². The summed E-state index contributed by atoms with van der Waals surface area (Å²) in [5, 5.41) is 3.42. The van der Waals surface area contributed by atoms with Crippen LogP contribution in [0.1, 0.15) is 30.7 Å². The molecule has 2 aliphatic heterocycles. The normalized spacial score (nSPS) is 29.4. The molecule has 2 heterocycles. The molecule has 4 rings (SSSR count). The molecule has 1 fully saturated rings. The Morgan fingerprint density at radius 1 is 1.38 bits per heavy atom. The third-order valence-electron chi connectivity index (χ3n) is 4.01. The van der Waals surface area contributed by atoms with Crippen LogP contribution in [0.15, 0.2) is 12.1 Å². The Bertz CT molecular complexity index is 495. The van der Waals surface area contributed by atoms with Crippen molar-refractivity contribution in [3.63, 3.8) is 0 Å². The highest BCUT2D eigenvalue weighted by Crippen LogP contribution is 2.57. The van der Waals surface area contributed by atoms with Crippen LogP contribution < -0.4 is 10.1 Å². The van der Waals surface area contributed by atoms with Gasteiger partial charge in [-0.1, -0.05) is 0 Å². The number of nitrogens with one attached hydrogen (secondary N) is 1. The topological polar surface area (TPSA) is 41.6 Å². The summed E-state index contributed by atoms with van der Waals surface area (Å²) in [4.78, 5) is 12.1. The van der Waals surface area contributed by atoms with Gasteiger partial charge >= 0.3 is 0 Å². The minimum absolute atomic E-state index is 0.0995. The van der Waals surface area contributed by atoms with E-state index in [1.807, 2.05) is 12.1 Å². The Morgan fingerprint density at radius 3 is 3.25 bits per heavy atom. The number of ether oxygens (including phenoxy) is 1. The van der Waals surface area contributed by atoms with Crippen LogP contribution in [0, 0.1) is 5.92 Å². The highest BCUT2D eigenvalue weighted by atomic mass is 16.6. The van der Waals surface area contributed by atoms with Crippen molar-refractivity contribution < 1.29 is 9.53 Å². The van der Waals surface area contributed by atoms with Gasteiger partial charge in [0.1, 0.15) is 5.78 Å². The molecule has 1 aromatic carbocycles. The first-order valence-corrected chi connectivity index (χ1v) is 5.96. The number of carbonyl (C=O) groups excluding carboxylic acids is 1. The van der Waals surface area contributed by atoms with Gasteiger partial charge in [-0.2, -0.15) is 0 Å². The number of hydrogen-bond donors (Lipinski definition) is 1. The number of benzene rings is 1. The third kappa shape index (κ3) is 1.01. The molecule has 1 saturated carbocycles. The molecule has 1 N–H and O–H groups in total. The van der Waals surface area contributed by atoms with Crippen LogP contribution in [-0.2, 0) is 4.79 Å². The van der Waals surface area contributed by atoms with Crippen LogP contribution in [0.4, 0.5) is 5.69 Å². The minimum atomic E-state index is 0.0995. The maximum Gasteiger partial charge on any atom is 0.176 e. The van der Waals surface area contributed by atoms with Crippen LogP contribution in [0.3, 0.4) is 0 Å². The maximum absolute atomic E-state index is 12.1. The first-order valence-electron chi connectivity index (χ1n) is 5.96. The number of hydrogen-bond acceptors (Lipinski definition) is 3. The lowest BCUT2D eigenvalue weighted by Crippen LogP contribution is -2.35. The molecule has 2 unspecified atom stereocenters. The van der Waals surface area contributed by atoms with Gasteiger partial charge in [0.2, 0.25) is 0 Å². The van der Waals surface area contributed by atoms with Crippen molar-refractivity contribution >= 4 is 11.5 Å². The second-order valence-corrected chi connectivity index (χ2v) is 4.93. The van der Waals surface area contributed by atoms with Gasteiger partial charge in [-0.05, 0) is 30.9 Å². The van der Waals surface area contributed by atoms with Crippen LogP contribution in [0.5, 0.6) is 11.5 Å². The lowest BCUT2D eigenvalue weighted by Gasteiger charge is -2.35. The Labute approximate surface area is 93.8 Å². The molecule has 0 radical (unpaired) electrons. The van der Waals surface area contributed by atoms with Crippen molar-refractivity contribution in [2.24, 2.45) is 5.92 Å². The van der Waals surface area contributed by atoms with Crippen molar-refractivity contribution in [3.8, 4) is 11.5 Å². The highest BCUT2D eigenvalue weighted by Gasteiger charge is 2.42. The molecule has 82 valence electrons. The van der Waals surface area contributed by atoms with Crippen molar-refractivity contribution in [1.29, 1.82) is 0 Å². The van der Waals surface area contributed by atoms with Gasteiger partial charge in [-0.25, -0.2) is 0 Å². The van der Waals surface area contributed by atoms with E-state index in [0.717, 1.165) is 48.6 Å². The summed E-state index contributed by atoms with van der Waals surface area (Å²) in [6.07, 6.45) is 2.95. The Hall–Kier alpha value is -1.51. The Morgan fingerprint density at radius 2 is 2.31 bits per heavy atom. The SMILES string of the molecule is O=C1CCCC2CNc3ccc4c(c3C12)O4. The van der Waals surface area contributed by atoms with E-state index < -0.39 is 0 Å². The summed E-state index contributed by atoms with van der Waals surface area (Å²) in [6, 6.07) is 4.02. The first kappa shape index (κ1) is 8.62. The van der Waals surface area contributed by atoms with E-state index in [-0.39, 0.29) is 5.92 Å². The van der Waals surface area contributed by atoms with Gasteiger partial charge in [0, 0.05) is 24.2 Å². The molecule has 0 saturated heterocycles. The summed E-state index contributed by atoms with van der Waals surface area (Å²) in [6.45, 7) is 0.933. The molecular formula is C13H13NO2. The number of fused-ring (bicyclic) bond motifs is 5. The maximum atomic E-state index is 12.1. The van der Waals surface area contributed by atoms with E-state index in [4.69, 9.17) is 4.74 Å². The minimum Gasteiger partial charge on any atom is -0.449 e. The number of anilines is 1. The fourth-order valence-corrected chi connectivity index (χ4v) is 3.20. The molecule has 3 aliphatic rings. The van der Waals surface area contributed by atoms with Crippen molar-refractivity contribution in [1.82, 2.24) is 0 Å². The Kier molecular flexibility index (Phi) is 1.50. The highest BCUT2D eigenvalue weighted by molar-refractivity contribution is 5.92. The van der Waals surface area contributed by atoms with Gasteiger partial charge in [0.25, 0.3) is 0 Å². The Balaban J connectivity index is 1.88. The quantitative estimate of drug-likeness (QED) is 0.687. The second kappa shape index (κ2) is 2.78. The average Bonchev–Trinajstić information content (AvgIpc) is 3.07. The summed E-state index contributed by atoms with van der Waals surface area (Å²) in [7, 11) is 0. The molecule has 1 aromatic rings. The zero-order valence-electron chi connectivity index (χ0n) is 8.95. The predicted octanol–water partition coefficient (Wildman–Crippen LogP) is 2.67. The fraction of sp³-hybridized carbons (Fsp3) is 0.462. The standard InChI is InChI=1S/C13H13NO2/c15-9-3-1-2-7-6-14-8-4-5-10-13(16-10)12(8)11(7)9/h4-5,7,11,14H,1-3,6H2. The van der Waals surface area contributed by atoms with Crippen LogP contribution in [-0.4, -0.2) is 12.3 Å². The van der Waals surface area contributed by atoms with E-state index >= 15 is 0 Å². The zero-order valence-corrected chi connectivity index (χ0v) is 8.95. The smallest absolute Gasteiger partial charge is 0.176 e. The van der Waals surface area contributed by atoms with E-state index in [9.17, 15) is 4.79 Å². The summed E-state index contributed by atoms with van der Waals surface area (Å²) < 4.78 is 5.44. The van der Waals surface area contributed by atoms with Gasteiger partial charge in [-0.15, -0.1) is 0 Å². The molecule has 2 atom stereocenters. The lowest BCUT2D eigenvalue weighted by molar-refractivity contribution is -0.123.